The van der Waals surface area contributed by atoms with Crippen LogP contribution in [0, 0.1) is 0 Å². The third-order valence-electron chi connectivity index (χ3n) is 3.61. The average Bonchev–Trinajstić information content (AvgIpc) is 3.14. The molecule has 0 bridgehead atoms. The Hall–Kier alpha value is -3.19. The normalized spacial score (nSPS) is 11.6. The van der Waals surface area contributed by atoms with Crippen LogP contribution in [-0.4, -0.2) is 22.0 Å². The second kappa shape index (κ2) is 7.79. The summed E-state index contributed by atoms with van der Waals surface area (Å²) in [6.45, 7) is 1.69. The van der Waals surface area contributed by atoms with E-state index in [1.807, 2.05) is 30.3 Å². The number of ether oxygens (including phenoxy) is 1. The molecular formula is C19H16N2O4S. The first-order chi connectivity index (χ1) is 12.5. The molecule has 3 rings (SSSR count). The molecule has 0 radical (unpaired) electrons. The lowest BCUT2D eigenvalue weighted by Gasteiger charge is -2.11. The van der Waals surface area contributed by atoms with Gasteiger partial charge in [-0.2, -0.15) is 0 Å². The van der Waals surface area contributed by atoms with E-state index in [4.69, 9.17) is 9.84 Å². The number of hydrogen-bond acceptors (Lipinski definition) is 5. The fourth-order valence-electron chi connectivity index (χ4n) is 2.18. The Labute approximate surface area is 154 Å². The Morgan fingerprint density at radius 1 is 1.08 bits per heavy atom. The molecule has 0 aliphatic rings. The summed E-state index contributed by atoms with van der Waals surface area (Å²) >= 11 is 1.16. The van der Waals surface area contributed by atoms with Gasteiger partial charge >= 0.3 is 5.97 Å². The number of aromatic nitrogens is 1. The number of nitrogens with zero attached hydrogens (tertiary/aromatic N) is 1. The van der Waals surface area contributed by atoms with E-state index >= 15 is 0 Å². The summed E-state index contributed by atoms with van der Waals surface area (Å²) in [4.78, 5) is 27.2. The van der Waals surface area contributed by atoms with Crippen LogP contribution >= 0.6 is 11.3 Å². The van der Waals surface area contributed by atoms with Crippen molar-refractivity contribution in [3.05, 3.63) is 70.7 Å². The van der Waals surface area contributed by atoms with Gasteiger partial charge in [0.1, 0.15) is 16.5 Å². The van der Waals surface area contributed by atoms with E-state index in [1.54, 1.807) is 31.2 Å². The average molecular weight is 368 g/mol. The minimum atomic E-state index is -1.10. The lowest BCUT2D eigenvalue weighted by molar-refractivity contribution is -0.117. The third-order valence-corrected chi connectivity index (χ3v) is 4.63. The molecule has 0 aliphatic heterocycles. The number of carbonyl (C=O) groups excluding carboxylic acids is 1. The van der Waals surface area contributed by atoms with Gasteiger partial charge < -0.3 is 15.2 Å². The van der Waals surface area contributed by atoms with Crippen molar-refractivity contribution in [2.24, 2.45) is 0 Å². The quantitative estimate of drug-likeness (QED) is 0.674. The van der Waals surface area contributed by atoms with E-state index in [2.05, 4.69) is 10.3 Å². The molecule has 2 aromatic carbocycles. The third kappa shape index (κ3) is 4.25. The highest BCUT2D eigenvalue weighted by atomic mass is 32.1. The van der Waals surface area contributed by atoms with E-state index in [-0.39, 0.29) is 11.6 Å². The minimum Gasteiger partial charge on any atom is -0.476 e. The smallest absolute Gasteiger partial charge is 0.355 e. The van der Waals surface area contributed by atoms with Gasteiger partial charge in [0.05, 0.1) is 5.92 Å². The SMILES string of the molecule is C[C@H](C(=O)Nc1ccc(Oc2ccccc2)cc1)c1nc(C(=O)O)cs1. The molecule has 1 aromatic heterocycles. The zero-order valence-electron chi connectivity index (χ0n) is 13.9. The molecule has 0 saturated carbocycles. The molecule has 2 N–H and O–H groups in total. The van der Waals surface area contributed by atoms with E-state index in [9.17, 15) is 9.59 Å². The lowest BCUT2D eigenvalue weighted by Crippen LogP contribution is -2.18. The number of hydrogen-bond donors (Lipinski definition) is 2. The van der Waals surface area contributed by atoms with Gasteiger partial charge in [0.2, 0.25) is 5.91 Å². The highest BCUT2D eigenvalue weighted by Gasteiger charge is 2.20. The van der Waals surface area contributed by atoms with Gasteiger partial charge in [0.15, 0.2) is 5.69 Å². The van der Waals surface area contributed by atoms with Gasteiger partial charge in [-0.1, -0.05) is 18.2 Å². The second-order valence-corrected chi connectivity index (χ2v) is 6.42. The molecule has 1 atom stereocenters. The van der Waals surface area contributed by atoms with E-state index in [0.29, 0.717) is 16.4 Å². The molecule has 1 amide bonds. The predicted octanol–water partition coefficient (Wildman–Crippen LogP) is 4.38. The summed E-state index contributed by atoms with van der Waals surface area (Å²) in [6, 6.07) is 16.4. The molecule has 0 fully saturated rings. The van der Waals surface area contributed by atoms with Crippen molar-refractivity contribution >= 4 is 28.9 Å². The van der Waals surface area contributed by atoms with Crippen molar-refractivity contribution in [1.29, 1.82) is 0 Å². The van der Waals surface area contributed by atoms with Crippen LogP contribution < -0.4 is 10.1 Å². The van der Waals surface area contributed by atoms with Crippen molar-refractivity contribution in [1.82, 2.24) is 4.98 Å². The van der Waals surface area contributed by atoms with E-state index in [1.165, 1.54) is 5.38 Å². The maximum Gasteiger partial charge on any atom is 0.355 e. The molecule has 132 valence electrons. The van der Waals surface area contributed by atoms with Gasteiger partial charge in [-0.15, -0.1) is 11.3 Å². The van der Waals surface area contributed by atoms with Crippen LogP contribution in [0.2, 0.25) is 0 Å². The van der Waals surface area contributed by atoms with Crippen LogP contribution in [0.15, 0.2) is 60.0 Å². The second-order valence-electron chi connectivity index (χ2n) is 5.53. The van der Waals surface area contributed by atoms with Crippen LogP contribution in [0.1, 0.15) is 28.3 Å². The highest BCUT2D eigenvalue weighted by Crippen LogP contribution is 2.25. The summed E-state index contributed by atoms with van der Waals surface area (Å²) in [5, 5.41) is 13.6. The zero-order chi connectivity index (χ0) is 18.5. The van der Waals surface area contributed by atoms with E-state index < -0.39 is 11.9 Å². The fraction of sp³-hybridized carbons (Fsp3) is 0.105. The fourth-order valence-corrected chi connectivity index (χ4v) is 3.03. The highest BCUT2D eigenvalue weighted by molar-refractivity contribution is 7.10. The van der Waals surface area contributed by atoms with Crippen LogP contribution in [0.4, 0.5) is 5.69 Å². The number of amides is 1. The summed E-state index contributed by atoms with van der Waals surface area (Å²) in [7, 11) is 0. The number of thiazole rings is 1. The maximum atomic E-state index is 12.3. The molecule has 0 unspecified atom stereocenters. The minimum absolute atomic E-state index is 0.0490. The number of aromatic carboxylic acids is 1. The van der Waals surface area contributed by atoms with Gasteiger partial charge in [-0.25, -0.2) is 9.78 Å². The van der Waals surface area contributed by atoms with Crippen molar-refractivity contribution in [3.63, 3.8) is 0 Å². The Kier molecular flexibility index (Phi) is 5.28. The van der Waals surface area contributed by atoms with Crippen LogP contribution in [0.3, 0.4) is 0 Å². The summed E-state index contributed by atoms with van der Waals surface area (Å²) < 4.78 is 5.70. The van der Waals surface area contributed by atoms with Crippen LogP contribution in [0.5, 0.6) is 11.5 Å². The first-order valence-corrected chi connectivity index (χ1v) is 8.73. The molecule has 26 heavy (non-hydrogen) atoms. The number of para-hydroxylation sites is 1. The predicted molar refractivity (Wildman–Crippen MR) is 99.1 cm³/mol. The first-order valence-electron chi connectivity index (χ1n) is 7.85. The Morgan fingerprint density at radius 3 is 2.35 bits per heavy atom. The number of benzene rings is 2. The van der Waals surface area contributed by atoms with Crippen LogP contribution in [0.25, 0.3) is 0 Å². The Balaban J connectivity index is 1.62. The van der Waals surface area contributed by atoms with E-state index in [0.717, 1.165) is 17.1 Å². The largest absolute Gasteiger partial charge is 0.476 e. The summed E-state index contributed by atoms with van der Waals surface area (Å²) in [5.41, 5.74) is 0.573. The van der Waals surface area contributed by atoms with Crippen molar-refractivity contribution in [2.45, 2.75) is 12.8 Å². The van der Waals surface area contributed by atoms with Crippen molar-refractivity contribution in [3.8, 4) is 11.5 Å². The Bertz CT molecular complexity index is 907. The molecular weight excluding hydrogens is 352 g/mol. The molecule has 6 nitrogen and oxygen atoms in total. The first kappa shape index (κ1) is 17.6. The van der Waals surface area contributed by atoms with Crippen molar-refractivity contribution in [2.75, 3.05) is 5.32 Å². The maximum absolute atomic E-state index is 12.3. The molecule has 3 aromatic rings. The molecule has 0 spiro atoms. The number of nitrogens with one attached hydrogen (secondary N) is 1. The lowest BCUT2D eigenvalue weighted by atomic mass is 10.1. The van der Waals surface area contributed by atoms with Gasteiger partial charge in [0, 0.05) is 11.1 Å². The number of carboxylic acid groups (broad SMARTS) is 1. The molecule has 7 heteroatoms. The number of carboxylic acids is 1. The number of carbonyl (C=O) groups is 2. The topological polar surface area (TPSA) is 88.5 Å². The molecule has 0 aliphatic carbocycles. The molecule has 0 saturated heterocycles. The van der Waals surface area contributed by atoms with Gasteiger partial charge in [-0.3, -0.25) is 4.79 Å². The summed E-state index contributed by atoms with van der Waals surface area (Å²) in [5.74, 6) is -0.514. The summed E-state index contributed by atoms with van der Waals surface area (Å²) in [6.07, 6.45) is 0. The Morgan fingerprint density at radius 2 is 1.73 bits per heavy atom. The van der Waals surface area contributed by atoms with Crippen molar-refractivity contribution < 1.29 is 19.4 Å². The number of anilines is 1. The van der Waals surface area contributed by atoms with Gasteiger partial charge in [0.25, 0.3) is 0 Å². The standard InChI is InChI=1S/C19H16N2O4S/c1-12(18-21-16(11-26-18)19(23)24)17(22)20-13-7-9-15(10-8-13)25-14-5-3-2-4-6-14/h2-12H,1H3,(H,20,22)(H,23,24)/t12-/m1/s1. The monoisotopic (exact) mass is 368 g/mol. The zero-order valence-corrected chi connectivity index (χ0v) is 14.7. The molecule has 1 heterocycles. The van der Waals surface area contributed by atoms with Gasteiger partial charge in [-0.05, 0) is 43.3 Å². The number of rotatable bonds is 6. The van der Waals surface area contributed by atoms with Crippen LogP contribution in [-0.2, 0) is 4.79 Å².